The zero-order valence-corrected chi connectivity index (χ0v) is 7.16. The van der Waals surface area contributed by atoms with Gasteiger partial charge in [-0.3, -0.25) is 4.79 Å². The maximum atomic E-state index is 11.1. The minimum atomic E-state index is -0.151. The van der Waals surface area contributed by atoms with Gasteiger partial charge in [-0.05, 0) is 20.3 Å². The lowest BCUT2D eigenvalue weighted by Gasteiger charge is -2.09. The molecule has 1 saturated heterocycles. The van der Waals surface area contributed by atoms with Crippen molar-refractivity contribution in [2.75, 3.05) is 7.11 Å². The van der Waals surface area contributed by atoms with E-state index in [4.69, 9.17) is 4.74 Å². The molecule has 0 radical (unpaired) electrons. The highest BCUT2D eigenvalue weighted by molar-refractivity contribution is 5.73. The lowest BCUT2D eigenvalue weighted by Crippen LogP contribution is -2.22. The van der Waals surface area contributed by atoms with E-state index < -0.39 is 0 Å². The van der Waals surface area contributed by atoms with Gasteiger partial charge in [0.15, 0.2) is 0 Å². The number of esters is 1. The number of carbonyl (C=O) groups is 1. The summed E-state index contributed by atoms with van der Waals surface area (Å²) >= 11 is 0. The maximum Gasteiger partial charge on any atom is 0.311 e. The molecule has 3 atom stereocenters. The Hall–Kier alpha value is -0.570. The Morgan fingerprint density at radius 1 is 1.55 bits per heavy atom. The topological polar surface area (TPSA) is 35.5 Å². The predicted octanol–water partition coefficient (Wildman–Crippen LogP) is 0.973. The Morgan fingerprint density at radius 3 is 2.55 bits per heavy atom. The second kappa shape index (κ2) is 3.22. The van der Waals surface area contributed by atoms with Crippen LogP contribution < -0.4 is 0 Å². The van der Waals surface area contributed by atoms with Crippen LogP contribution in [0.3, 0.4) is 0 Å². The van der Waals surface area contributed by atoms with Crippen LogP contribution in [0.1, 0.15) is 20.3 Å². The van der Waals surface area contributed by atoms with Gasteiger partial charge in [0.05, 0.1) is 25.2 Å². The zero-order chi connectivity index (χ0) is 8.43. The van der Waals surface area contributed by atoms with Crippen molar-refractivity contribution in [1.82, 2.24) is 0 Å². The summed E-state index contributed by atoms with van der Waals surface area (Å²) in [5.41, 5.74) is 0. The average molecular weight is 158 g/mol. The summed E-state index contributed by atoms with van der Waals surface area (Å²) in [6, 6.07) is 0. The van der Waals surface area contributed by atoms with Crippen LogP contribution in [0.5, 0.6) is 0 Å². The zero-order valence-electron chi connectivity index (χ0n) is 7.16. The van der Waals surface area contributed by atoms with Gasteiger partial charge in [-0.2, -0.15) is 0 Å². The van der Waals surface area contributed by atoms with Gasteiger partial charge >= 0.3 is 5.97 Å². The standard InChI is InChI=1S/C8H14O3/c1-5-4-7(6(2)11-5)8(9)10-3/h5-7H,4H2,1-3H3/t5-,6-,7?/m1/s1. The van der Waals surface area contributed by atoms with Gasteiger partial charge in [0.25, 0.3) is 0 Å². The summed E-state index contributed by atoms with van der Waals surface area (Å²) in [5.74, 6) is -0.211. The van der Waals surface area contributed by atoms with E-state index >= 15 is 0 Å². The Balaban J connectivity index is 2.52. The SMILES string of the molecule is COC(=O)C1C[C@@H](C)O[C@@H]1C. The van der Waals surface area contributed by atoms with Gasteiger partial charge in [0.1, 0.15) is 0 Å². The molecule has 1 rings (SSSR count). The summed E-state index contributed by atoms with van der Waals surface area (Å²) in [5, 5.41) is 0. The van der Waals surface area contributed by atoms with Crippen LogP contribution in [-0.2, 0) is 14.3 Å². The lowest BCUT2D eigenvalue weighted by molar-refractivity contribution is -0.146. The van der Waals surface area contributed by atoms with Gasteiger partial charge in [0, 0.05) is 0 Å². The van der Waals surface area contributed by atoms with Crippen LogP contribution in [0.15, 0.2) is 0 Å². The number of hydrogen-bond donors (Lipinski definition) is 0. The predicted molar refractivity (Wildman–Crippen MR) is 40.1 cm³/mol. The van der Waals surface area contributed by atoms with Gasteiger partial charge < -0.3 is 9.47 Å². The summed E-state index contributed by atoms with van der Waals surface area (Å²) in [6.45, 7) is 3.88. The highest BCUT2D eigenvalue weighted by atomic mass is 16.5. The molecule has 1 aliphatic heterocycles. The van der Waals surface area contributed by atoms with E-state index in [2.05, 4.69) is 4.74 Å². The summed E-state index contributed by atoms with van der Waals surface area (Å²) in [7, 11) is 1.41. The van der Waals surface area contributed by atoms with E-state index in [1.165, 1.54) is 7.11 Å². The molecule has 0 saturated carbocycles. The summed E-state index contributed by atoms with van der Waals surface area (Å²) in [4.78, 5) is 11.1. The quantitative estimate of drug-likeness (QED) is 0.533. The number of ether oxygens (including phenoxy) is 2. The molecule has 0 spiro atoms. The van der Waals surface area contributed by atoms with Crippen LogP contribution in [0.25, 0.3) is 0 Å². The first-order valence-electron chi connectivity index (χ1n) is 3.88. The highest BCUT2D eigenvalue weighted by Crippen LogP contribution is 2.26. The normalized spacial score (nSPS) is 37.2. The maximum absolute atomic E-state index is 11.1. The molecule has 1 aliphatic rings. The molecular weight excluding hydrogens is 144 g/mol. The molecule has 1 heterocycles. The minimum absolute atomic E-state index is 0.0115. The molecule has 3 heteroatoms. The summed E-state index contributed by atoms with van der Waals surface area (Å²) in [6.07, 6.45) is 0.986. The van der Waals surface area contributed by atoms with E-state index in [-0.39, 0.29) is 24.1 Å². The molecule has 0 aliphatic carbocycles. The van der Waals surface area contributed by atoms with Crippen molar-refractivity contribution in [2.45, 2.75) is 32.5 Å². The van der Waals surface area contributed by atoms with Crippen LogP contribution in [0, 0.1) is 5.92 Å². The third-order valence-electron chi connectivity index (χ3n) is 2.10. The molecule has 0 aromatic heterocycles. The molecule has 1 fully saturated rings. The third kappa shape index (κ3) is 1.71. The Bertz CT molecular complexity index is 155. The average Bonchev–Trinajstić information content (AvgIpc) is 2.28. The molecule has 0 aromatic rings. The summed E-state index contributed by atoms with van der Waals surface area (Å²) < 4.78 is 10.0. The molecule has 0 bridgehead atoms. The van der Waals surface area contributed by atoms with Gasteiger partial charge in [0.2, 0.25) is 0 Å². The Morgan fingerprint density at radius 2 is 2.18 bits per heavy atom. The smallest absolute Gasteiger partial charge is 0.311 e. The first-order valence-corrected chi connectivity index (χ1v) is 3.88. The molecule has 0 amide bonds. The van der Waals surface area contributed by atoms with E-state index in [9.17, 15) is 4.79 Å². The van der Waals surface area contributed by atoms with Crippen molar-refractivity contribution in [3.63, 3.8) is 0 Å². The first-order chi connectivity index (χ1) is 5.15. The third-order valence-corrected chi connectivity index (χ3v) is 2.10. The molecule has 3 nitrogen and oxygen atoms in total. The molecule has 0 aromatic carbocycles. The second-order valence-electron chi connectivity index (χ2n) is 3.02. The fourth-order valence-electron chi connectivity index (χ4n) is 1.51. The number of hydrogen-bond acceptors (Lipinski definition) is 3. The Kier molecular flexibility index (Phi) is 2.49. The van der Waals surface area contributed by atoms with Crippen LogP contribution in [0.2, 0.25) is 0 Å². The van der Waals surface area contributed by atoms with E-state index in [0.717, 1.165) is 6.42 Å². The first kappa shape index (κ1) is 8.53. The highest BCUT2D eigenvalue weighted by Gasteiger charge is 2.35. The second-order valence-corrected chi connectivity index (χ2v) is 3.02. The Labute approximate surface area is 66.7 Å². The largest absolute Gasteiger partial charge is 0.469 e. The van der Waals surface area contributed by atoms with Crippen LogP contribution in [0.4, 0.5) is 0 Å². The molecule has 64 valence electrons. The van der Waals surface area contributed by atoms with E-state index in [0.29, 0.717) is 0 Å². The monoisotopic (exact) mass is 158 g/mol. The fraction of sp³-hybridized carbons (Fsp3) is 0.875. The van der Waals surface area contributed by atoms with Crippen molar-refractivity contribution in [1.29, 1.82) is 0 Å². The fourth-order valence-corrected chi connectivity index (χ4v) is 1.51. The van der Waals surface area contributed by atoms with Crippen LogP contribution in [-0.4, -0.2) is 25.3 Å². The molecule has 0 N–H and O–H groups in total. The van der Waals surface area contributed by atoms with Crippen molar-refractivity contribution in [3.05, 3.63) is 0 Å². The van der Waals surface area contributed by atoms with Gasteiger partial charge in [-0.1, -0.05) is 0 Å². The van der Waals surface area contributed by atoms with Crippen molar-refractivity contribution < 1.29 is 14.3 Å². The molecule has 11 heavy (non-hydrogen) atoms. The molecular formula is C8H14O3. The number of carbonyl (C=O) groups excluding carboxylic acids is 1. The van der Waals surface area contributed by atoms with Gasteiger partial charge in [-0.25, -0.2) is 0 Å². The van der Waals surface area contributed by atoms with E-state index in [1.54, 1.807) is 0 Å². The van der Waals surface area contributed by atoms with E-state index in [1.807, 2.05) is 13.8 Å². The van der Waals surface area contributed by atoms with Gasteiger partial charge in [-0.15, -0.1) is 0 Å². The number of methoxy groups -OCH3 is 1. The van der Waals surface area contributed by atoms with Crippen molar-refractivity contribution in [3.8, 4) is 0 Å². The van der Waals surface area contributed by atoms with Crippen molar-refractivity contribution >= 4 is 5.97 Å². The van der Waals surface area contributed by atoms with Crippen LogP contribution >= 0.6 is 0 Å². The lowest BCUT2D eigenvalue weighted by atomic mass is 10.0. The van der Waals surface area contributed by atoms with Crippen molar-refractivity contribution in [2.24, 2.45) is 5.92 Å². The molecule has 1 unspecified atom stereocenters. The number of rotatable bonds is 1. The minimum Gasteiger partial charge on any atom is -0.469 e.